The molecule has 0 aliphatic carbocycles. The predicted octanol–water partition coefficient (Wildman–Crippen LogP) is 24.4. The number of unbranched alkanes of at least 4 members (excludes halogenated alkanes) is 29. The van der Waals surface area contributed by atoms with Gasteiger partial charge in [0.25, 0.3) is 0 Å². The molecule has 608 valence electrons. The number of ether oxygens (including phenoxy) is 4. The zero-order valence-electron chi connectivity index (χ0n) is 66.6. The molecule has 5 unspecified atom stereocenters. The number of hydrogen-bond acceptors (Lipinski definition) is 15. The van der Waals surface area contributed by atoms with Crippen LogP contribution in [0.1, 0.15) is 336 Å². The van der Waals surface area contributed by atoms with E-state index in [0.29, 0.717) is 25.7 Å². The minimum atomic E-state index is -4.99. The summed E-state index contributed by atoms with van der Waals surface area (Å²) in [7, 11) is -9.98. The fraction of sp³-hybridized carbons (Fsp3) is 0.701. The Hall–Kier alpha value is -4.80. The number of carbonyl (C=O) groups excluding carboxylic acids is 4. The third-order valence-electron chi connectivity index (χ3n) is 17.1. The first-order valence-electron chi connectivity index (χ1n) is 41.4. The van der Waals surface area contributed by atoms with Crippen molar-refractivity contribution in [2.45, 2.75) is 354 Å². The van der Waals surface area contributed by atoms with Crippen LogP contribution < -0.4 is 0 Å². The SMILES string of the molecule is CC/C=C\C/C=C\C/C=C\C/C=C\C/C=C\CCCCCC(=O)OCC(COP(=O)(O)OCC(O)COP(=O)(O)OCC(COC(=O)CCCCCCCC/C=C\C/C=C\C/C=C\CCCCC)OC(=O)CCCCCCC/C=C\CCCCCC)OC(=O)CCCCCCC/C=C\C/C=C\CCCCC. The molecule has 0 aromatic rings. The molecule has 5 atom stereocenters. The molecule has 3 N–H and O–H groups in total. The zero-order chi connectivity index (χ0) is 77.4. The predicted molar refractivity (Wildman–Crippen MR) is 436 cm³/mol. The van der Waals surface area contributed by atoms with E-state index in [1.54, 1.807) is 0 Å². The van der Waals surface area contributed by atoms with Gasteiger partial charge in [0.2, 0.25) is 0 Å². The Kier molecular flexibility index (Phi) is 74.8. The Morgan fingerprint density at radius 1 is 0.274 bits per heavy atom. The molecule has 0 aliphatic heterocycles. The van der Waals surface area contributed by atoms with Crippen LogP contribution in [0.4, 0.5) is 0 Å². The summed E-state index contributed by atoms with van der Waals surface area (Å²) in [5, 5.41) is 10.7. The molecular formula is C87H148O17P2. The van der Waals surface area contributed by atoms with Crippen LogP contribution in [0.25, 0.3) is 0 Å². The van der Waals surface area contributed by atoms with Crippen molar-refractivity contribution in [1.29, 1.82) is 0 Å². The van der Waals surface area contributed by atoms with Crippen molar-refractivity contribution in [3.05, 3.63) is 134 Å². The average molecular weight is 1530 g/mol. The molecule has 19 heteroatoms. The van der Waals surface area contributed by atoms with Gasteiger partial charge >= 0.3 is 39.5 Å². The van der Waals surface area contributed by atoms with Gasteiger partial charge in [0.1, 0.15) is 19.3 Å². The monoisotopic (exact) mass is 1530 g/mol. The van der Waals surface area contributed by atoms with Gasteiger partial charge in [-0.3, -0.25) is 37.3 Å². The maximum atomic E-state index is 13.1. The molecule has 0 heterocycles. The van der Waals surface area contributed by atoms with Crippen LogP contribution in [0.5, 0.6) is 0 Å². The quantitative estimate of drug-likeness (QED) is 0.0169. The molecule has 0 radical (unpaired) electrons. The van der Waals surface area contributed by atoms with Gasteiger partial charge in [-0.1, -0.05) is 277 Å². The highest BCUT2D eigenvalue weighted by Gasteiger charge is 2.30. The number of carbonyl (C=O) groups is 4. The lowest BCUT2D eigenvalue weighted by Gasteiger charge is -2.21. The summed E-state index contributed by atoms with van der Waals surface area (Å²) in [6.45, 7) is 4.64. The number of phosphoric ester groups is 2. The highest BCUT2D eigenvalue weighted by atomic mass is 31.2. The zero-order valence-corrected chi connectivity index (χ0v) is 68.4. The smallest absolute Gasteiger partial charge is 0.462 e. The normalized spacial score (nSPS) is 14.5. The molecule has 17 nitrogen and oxygen atoms in total. The van der Waals surface area contributed by atoms with Gasteiger partial charge in [-0.25, -0.2) is 9.13 Å². The van der Waals surface area contributed by atoms with Gasteiger partial charge < -0.3 is 33.8 Å². The van der Waals surface area contributed by atoms with Crippen LogP contribution in [0, 0.1) is 0 Å². The highest BCUT2D eigenvalue weighted by molar-refractivity contribution is 7.47. The summed E-state index contributed by atoms with van der Waals surface area (Å²) in [6, 6.07) is 0. The lowest BCUT2D eigenvalue weighted by molar-refractivity contribution is -0.161. The van der Waals surface area contributed by atoms with Crippen LogP contribution in [0.3, 0.4) is 0 Å². The Labute approximate surface area is 644 Å². The van der Waals surface area contributed by atoms with Crippen molar-refractivity contribution in [1.82, 2.24) is 0 Å². The van der Waals surface area contributed by atoms with Gasteiger partial charge in [0, 0.05) is 25.7 Å². The molecule has 0 aromatic heterocycles. The minimum absolute atomic E-state index is 0.0681. The van der Waals surface area contributed by atoms with E-state index >= 15 is 0 Å². The first kappa shape index (κ1) is 101. The molecule has 0 aliphatic rings. The standard InChI is InChI=1S/C87H148O17P2/c1-5-9-13-17-21-25-29-33-36-38-40-42-45-48-51-55-59-63-67-71-84(89)97-77-82(103-86(91)73-69-65-61-57-53-47-32-28-24-20-16-12-8-4)79-101-105(93,94)99-75-81(88)76-100-106(95,96)102-80-83(104-87(92)74-70-66-62-58-54-50-44-35-31-27-23-19-15-11-7-3)78-98-85(90)72-68-64-60-56-52-49-46-43-41-39-37-34-30-26-22-18-14-10-6-2/h10,14,21-23,25-28,32-37,40-44,49,52,81-83,88H,5-9,11-13,15-20,24,29-31,38-39,45-48,50-51,53-80H2,1-4H3,(H,93,94)(H,95,96)/b14-10-,25-21-,26-22-,27-23-,32-28-,36-33-,37-34-,42-40-,43-41-,44-35-,52-49-. The second kappa shape index (κ2) is 78.3. The van der Waals surface area contributed by atoms with Gasteiger partial charge in [0.15, 0.2) is 12.2 Å². The van der Waals surface area contributed by atoms with E-state index in [2.05, 4.69) is 161 Å². The molecule has 0 fully saturated rings. The van der Waals surface area contributed by atoms with Crippen LogP contribution in [0.2, 0.25) is 0 Å². The van der Waals surface area contributed by atoms with E-state index in [0.717, 1.165) is 193 Å². The van der Waals surface area contributed by atoms with Crippen molar-refractivity contribution < 1.29 is 80.2 Å². The molecule has 0 saturated heterocycles. The van der Waals surface area contributed by atoms with Crippen molar-refractivity contribution >= 4 is 39.5 Å². The molecule has 0 aromatic carbocycles. The maximum Gasteiger partial charge on any atom is 0.472 e. The van der Waals surface area contributed by atoms with E-state index in [9.17, 15) is 43.2 Å². The molecule has 0 spiro atoms. The summed E-state index contributed by atoms with van der Waals surface area (Å²) >= 11 is 0. The lowest BCUT2D eigenvalue weighted by Crippen LogP contribution is -2.30. The number of aliphatic hydroxyl groups excluding tert-OH is 1. The first-order chi connectivity index (χ1) is 51.7. The van der Waals surface area contributed by atoms with Crippen LogP contribution in [-0.4, -0.2) is 96.7 Å². The first-order valence-corrected chi connectivity index (χ1v) is 44.4. The van der Waals surface area contributed by atoms with Crippen LogP contribution in [-0.2, 0) is 65.4 Å². The van der Waals surface area contributed by atoms with E-state index in [1.807, 2.05) is 0 Å². The highest BCUT2D eigenvalue weighted by Crippen LogP contribution is 2.45. The molecule has 0 saturated carbocycles. The van der Waals surface area contributed by atoms with Gasteiger partial charge in [0.05, 0.1) is 26.4 Å². The molecule has 106 heavy (non-hydrogen) atoms. The van der Waals surface area contributed by atoms with Crippen molar-refractivity contribution in [2.75, 3.05) is 39.6 Å². The van der Waals surface area contributed by atoms with Crippen molar-refractivity contribution in [2.24, 2.45) is 0 Å². The second-order valence-electron chi connectivity index (χ2n) is 27.3. The van der Waals surface area contributed by atoms with Gasteiger partial charge in [-0.15, -0.1) is 0 Å². The number of aliphatic hydroxyl groups is 1. The molecule has 0 amide bonds. The lowest BCUT2D eigenvalue weighted by atomic mass is 10.1. The van der Waals surface area contributed by atoms with Crippen molar-refractivity contribution in [3.8, 4) is 0 Å². The number of phosphoric acid groups is 2. The Balaban J connectivity index is 5.40. The summed E-state index contributed by atoms with van der Waals surface area (Å²) in [5.41, 5.74) is 0. The molecular weight excluding hydrogens is 1380 g/mol. The maximum absolute atomic E-state index is 13.1. The van der Waals surface area contributed by atoms with E-state index in [1.165, 1.54) is 64.2 Å². The summed E-state index contributed by atoms with van der Waals surface area (Å²) < 4.78 is 68.7. The van der Waals surface area contributed by atoms with Crippen LogP contribution >= 0.6 is 15.6 Å². The molecule has 0 rings (SSSR count). The minimum Gasteiger partial charge on any atom is -0.462 e. The Morgan fingerprint density at radius 2 is 0.491 bits per heavy atom. The summed E-state index contributed by atoms with van der Waals surface area (Å²) in [5.74, 6) is -2.24. The topological polar surface area (TPSA) is 237 Å². The Morgan fingerprint density at radius 3 is 0.792 bits per heavy atom. The number of rotatable bonds is 77. The number of allylic oxidation sites excluding steroid dienone is 22. The Bertz CT molecular complexity index is 2530. The van der Waals surface area contributed by atoms with E-state index in [-0.39, 0.29) is 25.7 Å². The van der Waals surface area contributed by atoms with Crippen LogP contribution in [0.15, 0.2) is 134 Å². The van der Waals surface area contributed by atoms with E-state index in [4.69, 9.17) is 37.0 Å². The van der Waals surface area contributed by atoms with Gasteiger partial charge in [-0.2, -0.15) is 0 Å². The third-order valence-corrected chi connectivity index (χ3v) is 19.0. The number of esters is 4. The fourth-order valence-electron chi connectivity index (χ4n) is 10.7. The van der Waals surface area contributed by atoms with Crippen molar-refractivity contribution in [3.63, 3.8) is 0 Å². The van der Waals surface area contributed by atoms with E-state index < -0.39 is 97.5 Å². The second-order valence-corrected chi connectivity index (χ2v) is 30.2. The summed E-state index contributed by atoms with van der Waals surface area (Å²) in [6.07, 6.45) is 88.4. The molecule has 0 bridgehead atoms. The third kappa shape index (κ3) is 77.4. The van der Waals surface area contributed by atoms with Gasteiger partial charge in [-0.05, 0) is 167 Å². The average Bonchev–Trinajstić information content (AvgIpc) is 0.933. The largest absolute Gasteiger partial charge is 0.472 e. The summed E-state index contributed by atoms with van der Waals surface area (Å²) in [4.78, 5) is 73.1. The fourth-order valence-corrected chi connectivity index (χ4v) is 12.3. The number of hydrogen-bond donors (Lipinski definition) is 3.